The maximum atomic E-state index is 13.2. The first-order valence-corrected chi connectivity index (χ1v) is 11.0. The highest BCUT2D eigenvalue weighted by molar-refractivity contribution is 7.91. The summed E-state index contributed by atoms with van der Waals surface area (Å²) in [6, 6.07) is 0. The highest BCUT2D eigenvalue weighted by atomic mass is 32.2. The minimum absolute atomic E-state index is 0.0624. The number of hydrogen-bond acceptors (Lipinski definition) is 6. The number of ether oxygens (including phenoxy) is 2. The van der Waals surface area contributed by atoms with Crippen molar-refractivity contribution in [3.8, 4) is 0 Å². The highest BCUT2D eigenvalue weighted by Gasteiger charge is 2.54. The van der Waals surface area contributed by atoms with Crippen molar-refractivity contribution in [1.82, 2.24) is 9.79 Å². The average Bonchev–Trinajstić information content (AvgIpc) is 2.68. The Morgan fingerprint density at radius 1 is 1.27 bits per heavy atom. The van der Waals surface area contributed by atoms with E-state index in [0.29, 0.717) is 25.6 Å². The predicted molar refractivity (Wildman–Crippen MR) is 96.3 cm³/mol. The van der Waals surface area contributed by atoms with Crippen LogP contribution >= 0.6 is 0 Å². The summed E-state index contributed by atoms with van der Waals surface area (Å²) < 4.78 is 37.0. The number of hydrogen-bond donors (Lipinski definition) is 2. The molecule has 2 fully saturated rings. The number of carbonyl (C=O) groups is 1. The molecule has 0 saturated carbocycles. The van der Waals surface area contributed by atoms with E-state index < -0.39 is 20.7 Å². The minimum Gasteiger partial charge on any atom is -0.381 e. The molecule has 0 aromatic rings. The maximum Gasteiger partial charge on any atom is 0.266 e. The molecule has 2 saturated heterocycles. The van der Waals surface area contributed by atoms with E-state index in [-0.39, 0.29) is 26.1 Å². The molecule has 1 amide bonds. The Morgan fingerprint density at radius 2 is 1.92 bits per heavy atom. The summed E-state index contributed by atoms with van der Waals surface area (Å²) in [6.45, 7) is 4.82. The van der Waals surface area contributed by atoms with Gasteiger partial charge in [-0.05, 0) is 31.6 Å². The fraction of sp³-hybridized carbons (Fsp3) is 0.941. The second-order valence-electron chi connectivity index (χ2n) is 7.15. The summed E-state index contributed by atoms with van der Waals surface area (Å²) in [7, 11) is -3.86. The second-order valence-corrected chi connectivity index (χ2v) is 9.40. The van der Waals surface area contributed by atoms with Crippen molar-refractivity contribution in [2.45, 2.75) is 56.6 Å². The monoisotopic (exact) mass is 392 g/mol. The zero-order valence-corrected chi connectivity index (χ0v) is 16.4. The van der Waals surface area contributed by atoms with Gasteiger partial charge in [-0.2, -0.15) is 0 Å². The van der Waals surface area contributed by atoms with Crippen LogP contribution < -0.4 is 5.48 Å². The molecule has 0 unspecified atom stereocenters. The number of piperidine rings is 1. The quantitative estimate of drug-likeness (QED) is 0.348. The standard InChI is InChI=1S/C17H32N2O6S/c1-2-3-11-24-12-6-15-4-9-19(10-5-15)26(22,23)17(16(20)18-21)7-13-25-14-8-17/h15,21H,2-14H2,1H3,(H,18,20). The van der Waals surface area contributed by atoms with Gasteiger partial charge in [0.25, 0.3) is 5.91 Å². The number of amides is 1. The Balaban J connectivity index is 1.92. The van der Waals surface area contributed by atoms with Crippen LogP contribution in [-0.2, 0) is 24.3 Å². The first-order chi connectivity index (χ1) is 12.5. The molecule has 2 aliphatic rings. The maximum absolute atomic E-state index is 13.2. The van der Waals surface area contributed by atoms with Crippen molar-refractivity contribution in [3.63, 3.8) is 0 Å². The smallest absolute Gasteiger partial charge is 0.266 e. The summed E-state index contributed by atoms with van der Waals surface area (Å²) in [4.78, 5) is 12.2. The molecule has 0 atom stereocenters. The van der Waals surface area contributed by atoms with Crippen LogP contribution in [0.4, 0.5) is 0 Å². The molecule has 152 valence electrons. The molecule has 2 N–H and O–H groups in total. The summed E-state index contributed by atoms with van der Waals surface area (Å²) in [5, 5.41) is 9.08. The third-order valence-electron chi connectivity index (χ3n) is 5.54. The van der Waals surface area contributed by atoms with Crippen molar-refractivity contribution in [2.75, 3.05) is 39.5 Å². The van der Waals surface area contributed by atoms with Crippen LogP contribution in [0.2, 0.25) is 0 Å². The Labute approximate surface area is 156 Å². The molecule has 0 radical (unpaired) electrons. The zero-order chi connectivity index (χ0) is 19.0. The molecule has 26 heavy (non-hydrogen) atoms. The third kappa shape index (κ3) is 4.75. The molecule has 2 rings (SSSR count). The third-order valence-corrected chi connectivity index (χ3v) is 8.16. The van der Waals surface area contributed by atoms with Gasteiger partial charge in [-0.15, -0.1) is 0 Å². The van der Waals surface area contributed by atoms with Crippen LogP contribution in [0.1, 0.15) is 51.9 Å². The van der Waals surface area contributed by atoms with Crippen LogP contribution in [0, 0.1) is 5.92 Å². The normalized spacial score (nSPS) is 22.2. The van der Waals surface area contributed by atoms with E-state index in [9.17, 15) is 13.2 Å². The van der Waals surface area contributed by atoms with E-state index in [0.717, 1.165) is 38.7 Å². The fourth-order valence-corrected chi connectivity index (χ4v) is 5.84. The van der Waals surface area contributed by atoms with Crippen molar-refractivity contribution in [1.29, 1.82) is 0 Å². The van der Waals surface area contributed by atoms with E-state index in [1.807, 2.05) is 0 Å². The van der Waals surface area contributed by atoms with Crippen LogP contribution in [-0.4, -0.2) is 68.1 Å². The lowest BCUT2D eigenvalue weighted by atomic mass is 9.95. The molecular weight excluding hydrogens is 360 g/mol. The van der Waals surface area contributed by atoms with Crippen molar-refractivity contribution in [3.05, 3.63) is 0 Å². The number of sulfonamides is 1. The van der Waals surface area contributed by atoms with Gasteiger partial charge in [0.1, 0.15) is 0 Å². The van der Waals surface area contributed by atoms with Gasteiger partial charge in [-0.25, -0.2) is 18.2 Å². The van der Waals surface area contributed by atoms with E-state index >= 15 is 0 Å². The number of hydroxylamine groups is 1. The fourth-order valence-electron chi connectivity index (χ4n) is 3.69. The average molecular weight is 393 g/mol. The lowest BCUT2D eigenvalue weighted by molar-refractivity contribution is -0.134. The van der Waals surface area contributed by atoms with E-state index in [2.05, 4.69) is 6.92 Å². The number of nitrogens with zero attached hydrogens (tertiary/aromatic N) is 1. The van der Waals surface area contributed by atoms with Gasteiger partial charge in [0.05, 0.1) is 0 Å². The summed E-state index contributed by atoms with van der Waals surface area (Å²) >= 11 is 0. The molecule has 0 bridgehead atoms. The van der Waals surface area contributed by atoms with Crippen molar-refractivity contribution in [2.24, 2.45) is 5.92 Å². The van der Waals surface area contributed by atoms with Gasteiger partial charge >= 0.3 is 0 Å². The molecule has 0 aromatic carbocycles. The lowest BCUT2D eigenvalue weighted by Gasteiger charge is -2.40. The SMILES string of the molecule is CCCCOCCC1CCN(S(=O)(=O)C2(C(=O)NO)CCOCC2)CC1. The topological polar surface area (TPSA) is 105 Å². The summed E-state index contributed by atoms with van der Waals surface area (Å²) in [6.07, 6.45) is 4.78. The zero-order valence-electron chi connectivity index (χ0n) is 15.6. The Hall–Kier alpha value is -0.740. The molecule has 8 nitrogen and oxygen atoms in total. The van der Waals surface area contributed by atoms with Gasteiger partial charge in [0.15, 0.2) is 4.75 Å². The van der Waals surface area contributed by atoms with Crippen LogP contribution in [0.3, 0.4) is 0 Å². The number of rotatable bonds is 9. The Kier molecular flexibility index (Phi) is 8.28. The Bertz CT molecular complexity index is 539. The van der Waals surface area contributed by atoms with E-state index in [4.69, 9.17) is 14.7 Å². The summed E-state index contributed by atoms with van der Waals surface area (Å²) in [5.41, 5.74) is 1.56. The molecule has 0 aromatic heterocycles. The lowest BCUT2D eigenvalue weighted by Crippen LogP contribution is -2.60. The Morgan fingerprint density at radius 3 is 2.50 bits per heavy atom. The summed E-state index contributed by atoms with van der Waals surface area (Å²) in [5.74, 6) is -0.410. The van der Waals surface area contributed by atoms with E-state index in [1.165, 1.54) is 4.31 Å². The second kappa shape index (κ2) is 9.98. The minimum atomic E-state index is -3.86. The van der Waals surface area contributed by atoms with Crippen LogP contribution in [0.25, 0.3) is 0 Å². The molecule has 0 aliphatic carbocycles. The highest BCUT2D eigenvalue weighted by Crippen LogP contribution is 2.35. The largest absolute Gasteiger partial charge is 0.381 e. The molecule has 0 spiro atoms. The first-order valence-electron chi connectivity index (χ1n) is 9.57. The van der Waals surface area contributed by atoms with Gasteiger partial charge in [0.2, 0.25) is 10.0 Å². The number of nitrogens with one attached hydrogen (secondary N) is 1. The molecule has 2 aliphatic heterocycles. The molecular formula is C17H32N2O6S. The van der Waals surface area contributed by atoms with E-state index in [1.54, 1.807) is 5.48 Å². The van der Waals surface area contributed by atoms with Crippen LogP contribution in [0.15, 0.2) is 0 Å². The predicted octanol–water partition coefficient (Wildman–Crippen LogP) is 1.29. The number of unbranched alkanes of at least 4 members (excludes halogenated alkanes) is 1. The molecule has 9 heteroatoms. The van der Waals surface area contributed by atoms with Crippen LogP contribution in [0.5, 0.6) is 0 Å². The molecule has 2 heterocycles. The van der Waals surface area contributed by atoms with Gasteiger partial charge in [0, 0.05) is 52.4 Å². The first kappa shape index (κ1) is 21.6. The van der Waals surface area contributed by atoms with Gasteiger partial charge in [-0.3, -0.25) is 10.0 Å². The number of carbonyl (C=O) groups excluding carboxylic acids is 1. The van der Waals surface area contributed by atoms with Crippen molar-refractivity contribution >= 4 is 15.9 Å². The van der Waals surface area contributed by atoms with Gasteiger partial charge in [-0.1, -0.05) is 13.3 Å². The van der Waals surface area contributed by atoms with Gasteiger partial charge < -0.3 is 9.47 Å². The van der Waals surface area contributed by atoms with Crippen molar-refractivity contribution < 1.29 is 27.9 Å².